The van der Waals surface area contributed by atoms with Crippen LogP contribution in [0.1, 0.15) is 38.2 Å². The molecule has 0 spiro atoms. The van der Waals surface area contributed by atoms with Gasteiger partial charge >= 0.3 is 5.97 Å². The summed E-state index contributed by atoms with van der Waals surface area (Å²) in [5, 5.41) is 0. The van der Waals surface area contributed by atoms with E-state index in [0.717, 1.165) is 31.2 Å². The summed E-state index contributed by atoms with van der Waals surface area (Å²) in [4.78, 5) is 12.0. The molecule has 0 aliphatic heterocycles. The van der Waals surface area contributed by atoms with Gasteiger partial charge in [0.25, 0.3) is 0 Å². The van der Waals surface area contributed by atoms with Crippen molar-refractivity contribution in [2.75, 3.05) is 0 Å². The number of benzene rings is 1. The minimum atomic E-state index is -0.0810. The smallest absolute Gasteiger partial charge is 0.309 e. The molecule has 1 rings (SSSR count). The Morgan fingerprint density at radius 1 is 1.33 bits per heavy atom. The van der Waals surface area contributed by atoms with Crippen LogP contribution in [0.3, 0.4) is 0 Å². The van der Waals surface area contributed by atoms with Gasteiger partial charge in [-0.15, -0.1) is 6.58 Å². The van der Waals surface area contributed by atoms with E-state index in [2.05, 4.69) is 13.5 Å². The van der Waals surface area contributed by atoms with Crippen LogP contribution in [0.15, 0.2) is 43.0 Å². The minimum absolute atomic E-state index is 0.0108. The summed E-state index contributed by atoms with van der Waals surface area (Å²) in [5.74, 6) is -0.0701. The summed E-state index contributed by atoms with van der Waals surface area (Å²) < 4.78 is 5.37. The van der Waals surface area contributed by atoms with Crippen LogP contribution < -0.4 is 0 Å². The second-order valence-corrected chi connectivity index (χ2v) is 4.44. The van der Waals surface area contributed by atoms with Crippen molar-refractivity contribution in [1.29, 1.82) is 0 Å². The van der Waals surface area contributed by atoms with Gasteiger partial charge in [0.2, 0.25) is 0 Å². The molecular weight excluding hydrogens is 224 g/mol. The Labute approximate surface area is 110 Å². The topological polar surface area (TPSA) is 26.3 Å². The fourth-order valence-electron chi connectivity index (χ4n) is 1.89. The van der Waals surface area contributed by atoms with E-state index in [4.69, 9.17) is 4.74 Å². The number of carbonyl (C=O) groups is 1. The first-order chi connectivity index (χ1) is 8.77. The van der Waals surface area contributed by atoms with Crippen LogP contribution in [0.25, 0.3) is 0 Å². The van der Waals surface area contributed by atoms with Crippen molar-refractivity contribution in [1.82, 2.24) is 0 Å². The van der Waals surface area contributed by atoms with Crippen LogP contribution in [-0.2, 0) is 16.1 Å². The van der Waals surface area contributed by atoms with Gasteiger partial charge in [-0.25, -0.2) is 0 Å². The normalized spacial score (nSPS) is 11.8. The first-order valence-electron chi connectivity index (χ1n) is 6.59. The fourth-order valence-corrected chi connectivity index (χ4v) is 1.89. The zero-order valence-electron chi connectivity index (χ0n) is 11.1. The lowest BCUT2D eigenvalue weighted by Gasteiger charge is -2.14. The average molecular weight is 246 g/mol. The summed E-state index contributed by atoms with van der Waals surface area (Å²) in [7, 11) is 0. The average Bonchev–Trinajstić information content (AvgIpc) is 2.42. The van der Waals surface area contributed by atoms with E-state index in [-0.39, 0.29) is 11.9 Å². The van der Waals surface area contributed by atoms with Gasteiger partial charge in [0.1, 0.15) is 6.61 Å². The molecular formula is C16H22O2. The number of esters is 1. The van der Waals surface area contributed by atoms with Crippen molar-refractivity contribution in [3.8, 4) is 0 Å². The molecule has 0 aromatic heterocycles. The van der Waals surface area contributed by atoms with Gasteiger partial charge in [-0.3, -0.25) is 4.79 Å². The molecule has 2 nitrogen and oxygen atoms in total. The predicted molar refractivity (Wildman–Crippen MR) is 74.1 cm³/mol. The van der Waals surface area contributed by atoms with E-state index < -0.39 is 0 Å². The van der Waals surface area contributed by atoms with Gasteiger partial charge in [0.05, 0.1) is 5.92 Å². The number of rotatable bonds is 8. The molecule has 0 saturated heterocycles. The first kappa shape index (κ1) is 14.5. The number of carbonyl (C=O) groups excluding carboxylic acids is 1. The van der Waals surface area contributed by atoms with E-state index in [1.165, 1.54) is 0 Å². The molecule has 18 heavy (non-hydrogen) atoms. The second-order valence-electron chi connectivity index (χ2n) is 4.44. The highest BCUT2D eigenvalue weighted by Crippen LogP contribution is 2.16. The van der Waals surface area contributed by atoms with Crippen LogP contribution >= 0.6 is 0 Å². The highest BCUT2D eigenvalue weighted by Gasteiger charge is 2.18. The Kier molecular flexibility index (Phi) is 6.85. The maximum atomic E-state index is 12.0. The molecule has 0 aliphatic rings. The van der Waals surface area contributed by atoms with E-state index in [1.807, 2.05) is 36.4 Å². The standard InChI is InChI=1S/C16H22O2/c1-3-5-12-15(9-4-2)16(17)18-13-14-10-7-6-8-11-14/h3,6-8,10-11,15H,1,4-5,9,12-13H2,2H3. The Morgan fingerprint density at radius 2 is 2.06 bits per heavy atom. The van der Waals surface area contributed by atoms with Crippen molar-refractivity contribution in [3.05, 3.63) is 48.6 Å². The van der Waals surface area contributed by atoms with Crippen LogP contribution in [0, 0.1) is 5.92 Å². The maximum absolute atomic E-state index is 12.0. The maximum Gasteiger partial charge on any atom is 0.309 e. The quantitative estimate of drug-likeness (QED) is 0.509. The monoisotopic (exact) mass is 246 g/mol. The second kappa shape index (κ2) is 8.51. The number of hydrogen-bond donors (Lipinski definition) is 0. The summed E-state index contributed by atoms with van der Waals surface area (Å²) in [6.07, 6.45) is 5.45. The van der Waals surface area contributed by atoms with Crippen LogP contribution in [0.5, 0.6) is 0 Å². The lowest BCUT2D eigenvalue weighted by atomic mass is 9.98. The molecule has 0 aliphatic carbocycles. The lowest BCUT2D eigenvalue weighted by molar-refractivity contribution is -0.150. The van der Waals surface area contributed by atoms with Gasteiger partial charge in [0.15, 0.2) is 0 Å². The van der Waals surface area contributed by atoms with Crippen LogP contribution in [0.4, 0.5) is 0 Å². The van der Waals surface area contributed by atoms with Gasteiger partial charge in [-0.05, 0) is 24.8 Å². The van der Waals surface area contributed by atoms with E-state index in [0.29, 0.717) is 6.61 Å². The lowest BCUT2D eigenvalue weighted by Crippen LogP contribution is -2.17. The highest BCUT2D eigenvalue weighted by atomic mass is 16.5. The van der Waals surface area contributed by atoms with Crippen molar-refractivity contribution in [2.24, 2.45) is 5.92 Å². The molecule has 0 N–H and O–H groups in total. The van der Waals surface area contributed by atoms with Gasteiger partial charge < -0.3 is 4.74 Å². The number of ether oxygens (including phenoxy) is 1. The zero-order chi connectivity index (χ0) is 13.2. The van der Waals surface area contributed by atoms with Crippen molar-refractivity contribution >= 4 is 5.97 Å². The van der Waals surface area contributed by atoms with Crippen molar-refractivity contribution in [2.45, 2.75) is 39.2 Å². The molecule has 0 fully saturated rings. The molecule has 0 bridgehead atoms. The molecule has 1 aromatic carbocycles. The third kappa shape index (κ3) is 5.17. The van der Waals surface area contributed by atoms with E-state index in [1.54, 1.807) is 0 Å². The Morgan fingerprint density at radius 3 is 2.67 bits per heavy atom. The Balaban J connectivity index is 2.43. The highest BCUT2D eigenvalue weighted by molar-refractivity contribution is 5.72. The number of hydrogen-bond acceptors (Lipinski definition) is 2. The van der Waals surface area contributed by atoms with Gasteiger partial charge in [0, 0.05) is 0 Å². The summed E-state index contributed by atoms with van der Waals surface area (Å²) in [6.45, 7) is 6.15. The summed E-state index contributed by atoms with van der Waals surface area (Å²) in [5.41, 5.74) is 1.03. The summed E-state index contributed by atoms with van der Waals surface area (Å²) in [6, 6.07) is 9.78. The molecule has 1 atom stereocenters. The largest absolute Gasteiger partial charge is 0.461 e. The van der Waals surface area contributed by atoms with Crippen LogP contribution in [-0.4, -0.2) is 5.97 Å². The third-order valence-electron chi connectivity index (χ3n) is 2.91. The Bertz CT molecular complexity index is 357. The van der Waals surface area contributed by atoms with Crippen molar-refractivity contribution < 1.29 is 9.53 Å². The molecule has 98 valence electrons. The molecule has 0 amide bonds. The minimum Gasteiger partial charge on any atom is -0.461 e. The van der Waals surface area contributed by atoms with Crippen LogP contribution in [0.2, 0.25) is 0 Å². The van der Waals surface area contributed by atoms with Gasteiger partial charge in [-0.1, -0.05) is 49.8 Å². The van der Waals surface area contributed by atoms with E-state index in [9.17, 15) is 4.79 Å². The van der Waals surface area contributed by atoms with Gasteiger partial charge in [-0.2, -0.15) is 0 Å². The molecule has 1 unspecified atom stereocenters. The van der Waals surface area contributed by atoms with E-state index >= 15 is 0 Å². The summed E-state index contributed by atoms with van der Waals surface area (Å²) >= 11 is 0. The molecule has 0 heterocycles. The third-order valence-corrected chi connectivity index (χ3v) is 2.91. The first-order valence-corrected chi connectivity index (χ1v) is 6.59. The predicted octanol–water partition coefficient (Wildman–Crippen LogP) is 4.11. The molecule has 2 heteroatoms. The Hall–Kier alpha value is -1.57. The molecule has 0 radical (unpaired) electrons. The molecule has 1 aromatic rings. The SMILES string of the molecule is C=CCCC(CCC)C(=O)OCc1ccccc1. The number of allylic oxidation sites excluding steroid dienone is 1. The zero-order valence-corrected chi connectivity index (χ0v) is 11.1. The van der Waals surface area contributed by atoms with Crippen molar-refractivity contribution in [3.63, 3.8) is 0 Å². The molecule has 0 saturated carbocycles. The fraction of sp³-hybridized carbons (Fsp3) is 0.438.